The Hall–Kier alpha value is -5.68. The highest BCUT2D eigenvalue weighted by molar-refractivity contribution is 6.10. The van der Waals surface area contributed by atoms with Crippen molar-refractivity contribution in [3.63, 3.8) is 0 Å². The fourth-order valence-electron chi connectivity index (χ4n) is 4.24. The van der Waals surface area contributed by atoms with Crippen LogP contribution in [0.3, 0.4) is 0 Å². The summed E-state index contributed by atoms with van der Waals surface area (Å²) in [5, 5.41) is 17.4. The molecule has 42 heavy (non-hydrogen) atoms. The number of hydrogen-bond donors (Lipinski definition) is 1. The first-order valence-corrected chi connectivity index (χ1v) is 13.3. The highest BCUT2D eigenvalue weighted by Crippen LogP contribution is 2.29. The van der Waals surface area contributed by atoms with Crippen molar-refractivity contribution in [2.75, 3.05) is 11.9 Å². The molecule has 5 aromatic rings. The average Bonchev–Trinajstić information content (AvgIpc) is 3.45. The van der Waals surface area contributed by atoms with Gasteiger partial charge in [-0.25, -0.2) is 9.07 Å². The molecule has 0 fully saturated rings. The van der Waals surface area contributed by atoms with Crippen LogP contribution in [0, 0.1) is 17.1 Å². The summed E-state index contributed by atoms with van der Waals surface area (Å²) in [4.78, 5) is 13.1. The van der Waals surface area contributed by atoms with Crippen LogP contribution in [0.25, 0.3) is 23.0 Å². The van der Waals surface area contributed by atoms with Crippen molar-refractivity contribution < 1.29 is 18.7 Å². The Labute approximate surface area is 243 Å². The van der Waals surface area contributed by atoms with E-state index in [2.05, 4.69) is 5.32 Å². The van der Waals surface area contributed by atoms with E-state index in [4.69, 9.17) is 14.6 Å². The molecule has 0 unspecified atom stereocenters. The number of anilines is 1. The Morgan fingerprint density at radius 3 is 2.45 bits per heavy atom. The van der Waals surface area contributed by atoms with Crippen LogP contribution in [0.1, 0.15) is 18.1 Å². The molecule has 1 N–H and O–H groups in total. The molecule has 5 rings (SSSR count). The second-order valence-electron chi connectivity index (χ2n) is 9.20. The van der Waals surface area contributed by atoms with Gasteiger partial charge in [0.1, 0.15) is 41.3 Å². The predicted molar refractivity (Wildman–Crippen MR) is 160 cm³/mol. The number of carbonyl (C=O) groups is 1. The minimum absolute atomic E-state index is 0.0612. The molecule has 1 heterocycles. The number of carbonyl (C=O) groups excluding carboxylic acids is 1. The third-order valence-electron chi connectivity index (χ3n) is 6.31. The Kier molecular flexibility index (Phi) is 8.70. The summed E-state index contributed by atoms with van der Waals surface area (Å²) in [6.07, 6.45) is 3.28. The van der Waals surface area contributed by atoms with Gasteiger partial charge in [-0.1, -0.05) is 48.5 Å². The maximum atomic E-state index is 14.1. The van der Waals surface area contributed by atoms with E-state index < -0.39 is 5.91 Å². The second kappa shape index (κ2) is 13.1. The fourth-order valence-corrected chi connectivity index (χ4v) is 4.24. The molecular formula is C34H27FN4O3. The number of nitrogens with one attached hydrogen (secondary N) is 1. The average molecular weight is 559 g/mol. The summed E-state index contributed by atoms with van der Waals surface area (Å²) < 4.78 is 27.1. The van der Waals surface area contributed by atoms with Gasteiger partial charge in [0.2, 0.25) is 0 Å². The maximum absolute atomic E-state index is 14.1. The zero-order chi connectivity index (χ0) is 29.3. The van der Waals surface area contributed by atoms with Gasteiger partial charge in [-0.05, 0) is 67.6 Å². The maximum Gasteiger partial charge on any atom is 0.266 e. The van der Waals surface area contributed by atoms with Crippen molar-refractivity contribution in [1.29, 1.82) is 5.26 Å². The summed E-state index contributed by atoms with van der Waals surface area (Å²) in [6, 6.07) is 32.1. The third-order valence-corrected chi connectivity index (χ3v) is 6.31. The van der Waals surface area contributed by atoms with Crippen molar-refractivity contribution in [3.05, 3.63) is 132 Å². The summed E-state index contributed by atoms with van der Waals surface area (Å²) in [5.74, 6) is 0.315. The van der Waals surface area contributed by atoms with Gasteiger partial charge in [0.05, 0.1) is 12.3 Å². The van der Waals surface area contributed by atoms with E-state index in [-0.39, 0.29) is 18.0 Å². The third kappa shape index (κ3) is 6.72. The Morgan fingerprint density at radius 2 is 1.71 bits per heavy atom. The first-order chi connectivity index (χ1) is 20.5. The summed E-state index contributed by atoms with van der Waals surface area (Å²) >= 11 is 0. The topological polar surface area (TPSA) is 89.2 Å². The zero-order valence-corrected chi connectivity index (χ0v) is 22.8. The Bertz CT molecular complexity index is 1760. The van der Waals surface area contributed by atoms with Gasteiger partial charge < -0.3 is 14.8 Å². The number of aromatic nitrogens is 2. The number of ether oxygens (including phenoxy) is 2. The van der Waals surface area contributed by atoms with Crippen LogP contribution in [0.2, 0.25) is 0 Å². The number of nitriles is 1. The number of rotatable bonds is 10. The van der Waals surface area contributed by atoms with E-state index in [9.17, 15) is 14.4 Å². The zero-order valence-electron chi connectivity index (χ0n) is 22.8. The molecule has 208 valence electrons. The number of para-hydroxylation sites is 1. The quantitative estimate of drug-likeness (QED) is 0.145. The van der Waals surface area contributed by atoms with Gasteiger partial charge in [-0.2, -0.15) is 10.4 Å². The van der Waals surface area contributed by atoms with Crippen LogP contribution in [-0.4, -0.2) is 22.3 Å². The molecule has 0 aliphatic carbocycles. The summed E-state index contributed by atoms with van der Waals surface area (Å²) in [7, 11) is 0. The van der Waals surface area contributed by atoms with Gasteiger partial charge in [0.25, 0.3) is 5.91 Å². The van der Waals surface area contributed by atoms with Gasteiger partial charge in [-0.3, -0.25) is 4.79 Å². The van der Waals surface area contributed by atoms with Crippen molar-refractivity contribution in [1.82, 2.24) is 9.78 Å². The first-order valence-electron chi connectivity index (χ1n) is 13.3. The number of nitrogens with zero attached hydrogens (tertiary/aromatic N) is 3. The number of halogens is 1. The SMILES string of the molecule is CCOc1ccc(NC(=O)/C(C#N)=C\c2cn(-c3ccccc3)nc2-c2cccc(OCc3ccccc3F)c2)cc1. The van der Waals surface area contributed by atoms with Crippen LogP contribution in [0.5, 0.6) is 11.5 Å². The fraction of sp³-hybridized carbons (Fsp3) is 0.0882. The Balaban J connectivity index is 1.46. The molecule has 1 aromatic heterocycles. The van der Waals surface area contributed by atoms with Gasteiger partial charge in [-0.15, -0.1) is 0 Å². The number of hydrogen-bond acceptors (Lipinski definition) is 5. The lowest BCUT2D eigenvalue weighted by molar-refractivity contribution is -0.112. The van der Waals surface area contributed by atoms with Crippen LogP contribution in [0.4, 0.5) is 10.1 Å². The molecule has 7 nitrogen and oxygen atoms in total. The molecule has 4 aromatic carbocycles. The molecule has 0 aliphatic rings. The van der Waals surface area contributed by atoms with Crippen molar-refractivity contribution in [2.24, 2.45) is 0 Å². The standard InChI is InChI=1S/C34H27FN4O3/c1-2-41-30-17-15-28(16-18-30)37-34(40)26(21-36)19-27-22-39(29-11-4-3-5-12-29)38-33(27)24-10-8-13-31(20-24)42-23-25-9-6-7-14-32(25)35/h3-20,22H,2,23H2,1H3,(H,37,40)/b26-19-. The van der Waals surface area contributed by atoms with E-state index in [1.54, 1.807) is 65.5 Å². The van der Waals surface area contributed by atoms with E-state index >= 15 is 0 Å². The van der Waals surface area contributed by atoms with Crippen LogP contribution in [-0.2, 0) is 11.4 Å². The smallest absolute Gasteiger partial charge is 0.266 e. The molecule has 0 saturated heterocycles. The molecule has 1 amide bonds. The molecule has 0 saturated carbocycles. The summed E-state index contributed by atoms with van der Waals surface area (Å²) in [6.45, 7) is 2.49. The minimum atomic E-state index is -0.554. The molecule has 0 bridgehead atoms. The normalized spacial score (nSPS) is 11.0. The number of benzene rings is 4. The predicted octanol–water partition coefficient (Wildman–Crippen LogP) is 7.20. The van der Waals surface area contributed by atoms with Crippen molar-refractivity contribution in [3.8, 4) is 34.5 Å². The molecule has 0 radical (unpaired) electrons. The van der Waals surface area contributed by atoms with Gasteiger partial charge in [0.15, 0.2) is 0 Å². The molecule has 0 aliphatic heterocycles. The van der Waals surface area contributed by atoms with E-state index in [0.29, 0.717) is 46.2 Å². The van der Waals surface area contributed by atoms with Crippen molar-refractivity contribution in [2.45, 2.75) is 13.5 Å². The molecular weight excluding hydrogens is 531 g/mol. The van der Waals surface area contributed by atoms with Gasteiger partial charge >= 0.3 is 0 Å². The lowest BCUT2D eigenvalue weighted by Crippen LogP contribution is -2.13. The van der Waals surface area contributed by atoms with E-state index in [1.165, 1.54) is 12.1 Å². The van der Waals surface area contributed by atoms with E-state index in [1.807, 2.05) is 55.5 Å². The molecule has 0 atom stereocenters. The first kappa shape index (κ1) is 27.9. The van der Waals surface area contributed by atoms with Gasteiger partial charge in [0, 0.05) is 28.6 Å². The van der Waals surface area contributed by atoms with Crippen LogP contribution < -0.4 is 14.8 Å². The minimum Gasteiger partial charge on any atom is -0.494 e. The highest BCUT2D eigenvalue weighted by atomic mass is 19.1. The highest BCUT2D eigenvalue weighted by Gasteiger charge is 2.16. The largest absolute Gasteiger partial charge is 0.494 e. The van der Waals surface area contributed by atoms with Crippen LogP contribution in [0.15, 0.2) is 115 Å². The lowest BCUT2D eigenvalue weighted by atomic mass is 10.1. The van der Waals surface area contributed by atoms with Crippen molar-refractivity contribution >= 4 is 17.7 Å². The summed E-state index contributed by atoms with van der Waals surface area (Å²) in [5.41, 5.74) is 3.49. The van der Waals surface area contributed by atoms with E-state index in [0.717, 1.165) is 5.69 Å². The van der Waals surface area contributed by atoms with Crippen LogP contribution >= 0.6 is 0 Å². The monoisotopic (exact) mass is 558 g/mol. The molecule has 0 spiro atoms. The Morgan fingerprint density at radius 1 is 0.952 bits per heavy atom. The molecule has 8 heteroatoms. The number of amides is 1. The second-order valence-corrected chi connectivity index (χ2v) is 9.20. The lowest BCUT2D eigenvalue weighted by Gasteiger charge is -2.09.